The summed E-state index contributed by atoms with van der Waals surface area (Å²) in [5.74, 6) is 0. The van der Waals surface area contributed by atoms with E-state index in [9.17, 15) is 9.59 Å². The molecule has 18 heavy (non-hydrogen) atoms. The van der Waals surface area contributed by atoms with Crippen LogP contribution in [0, 0.1) is 0 Å². The van der Waals surface area contributed by atoms with Gasteiger partial charge in [-0.2, -0.15) is 0 Å². The minimum absolute atomic E-state index is 0.119. The van der Waals surface area contributed by atoms with Crippen molar-refractivity contribution in [3.63, 3.8) is 0 Å². The number of hydrogen-bond donors (Lipinski definition) is 2. The highest BCUT2D eigenvalue weighted by molar-refractivity contribution is 5.77. The first kappa shape index (κ1) is 11.8. The molecule has 92 valence electrons. The number of aromatic amines is 1. The predicted molar refractivity (Wildman–Crippen MR) is 66.2 cm³/mol. The fourth-order valence-electron chi connectivity index (χ4n) is 1.58. The van der Waals surface area contributed by atoms with Gasteiger partial charge in [0.25, 0.3) is 5.56 Å². The van der Waals surface area contributed by atoms with E-state index in [1.807, 2.05) is 30.3 Å². The lowest BCUT2D eigenvalue weighted by molar-refractivity contribution is 0.321. The van der Waals surface area contributed by atoms with Crippen molar-refractivity contribution in [2.45, 2.75) is 6.54 Å². The predicted octanol–water partition coefficient (Wildman–Crippen LogP) is 0.393. The molecule has 0 radical (unpaired) electrons. The van der Waals surface area contributed by atoms with Crippen LogP contribution in [0.1, 0.15) is 11.1 Å². The van der Waals surface area contributed by atoms with Crippen LogP contribution in [0.2, 0.25) is 0 Å². The van der Waals surface area contributed by atoms with Crippen molar-refractivity contribution >= 4 is 6.21 Å². The molecule has 0 bridgehead atoms. The van der Waals surface area contributed by atoms with Gasteiger partial charge < -0.3 is 5.21 Å². The number of nitrogens with zero attached hydrogens (tertiary/aromatic N) is 2. The maximum absolute atomic E-state index is 11.6. The molecule has 0 aliphatic heterocycles. The van der Waals surface area contributed by atoms with Crippen LogP contribution in [0.15, 0.2) is 51.3 Å². The summed E-state index contributed by atoms with van der Waals surface area (Å²) in [6.45, 7) is 0.336. The Bertz CT molecular complexity index is 671. The molecule has 0 spiro atoms. The zero-order valence-electron chi connectivity index (χ0n) is 9.41. The van der Waals surface area contributed by atoms with E-state index in [1.54, 1.807) is 0 Å². The summed E-state index contributed by atoms with van der Waals surface area (Å²) in [4.78, 5) is 25.1. The summed E-state index contributed by atoms with van der Waals surface area (Å²) in [7, 11) is 0. The van der Waals surface area contributed by atoms with Crippen molar-refractivity contribution in [1.29, 1.82) is 0 Å². The molecule has 0 saturated carbocycles. The lowest BCUT2D eigenvalue weighted by atomic mass is 10.2. The minimum Gasteiger partial charge on any atom is -0.411 e. The molecule has 2 rings (SSSR count). The van der Waals surface area contributed by atoms with Crippen LogP contribution in [-0.2, 0) is 6.54 Å². The van der Waals surface area contributed by atoms with Gasteiger partial charge in [-0.3, -0.25) is 14.3 Å². The van der Waals surface area contributed by atoms with E-state index in [2.05, 4.69) is 10.1 Å². The molecule has 1 aromatic carbocycles. The van der Waals surface area contributed by atoms with Gasteiger partial charge in [0.1, 0.15) is 0 Å². The molecule has 1 heterocycles. The fourth-order valence-corrected chi connectivity index (χ4v) is 1.58. The molecule has 6 nitrogen and oxygen atoms in total. The second kappa shape index (κ2) is 5.13. The maximum Gasteiger partial charge on any atom is 0.328 e. The van der Waals surface area contributed by atoms with Crippen molar-refractivity contribution in [2.24, 2.45) is 5.16 Å². The van der Waals surface area contributed by atoms with Crippen molar-refractivity contribution in [2.75, 3.05) is 0 Å². The quantitative estimate of drug-likeness (QED) is 0.466. The van der Waals surface area contributed by atoms with Gasteiger partial charge in [0.15, 0.2) is 0 Å². The van der Waals surface area contributed by atoms with E-state index >= 15 is 0 Å². The SMILES string of the molecule is O=c1[nH]c(=O)n(Cc2ccccc2)cc1C=NO. The average Bonchev–Trinajstić information content (AvgIpc) is 2.37. The Morgan fingerprint density at radius 1 is 1.28 bits per heavy atom. The number of rotatable bonds is 3. The second-order valence-corrected chi connectivity index (χ2v) is 3.70. The number of H-pyrrole nitrogens is 1. The largest absolute Gasteiger partial charge is 0.411 e. The molecule has 0 saturated heterocycles. The molecule has 0 amide bonds. The summed E-state index contributed by atoms with van der Waals surface area (Å²) in [5, 5.41) is 11.2. The molecule has 2 aromatic rings. The van der Waals surface area contributed by atoms with Crippen LogP contribution in [-0.4, -0.2) is 21.0 Å². The highest BCUT2D eigenvalue weighted by Gasteiger charge is 2.03. The highest BCUT2D eigenvalue weighted by atomic mass is 16.4. The van der Waals surface area contributed by atoms with Crippen molar-refractivity contribution in [3.8, 4) is 0 Å². The van der Waals surface area contributed by atoms with Gasteiger partial charge >= 0.3 is 5.69 Å². The van der Waals surface area contributed by atoms with Crippen LogP contribution in [0.5, 0.6) is 0 Å². The summed E-state index contributed by atoms with van der Waals surface area (Å²) in [6, 6.07) is 9.35. The summed E-state index contributed by atoms with van der Waals surface area (Å²) in [5.41, 5.74) is -0.0346. The van der Waals surface area contributed by atoms with E-state index in [0.29, 0.717) is 6.54 Å². The van der Waals surface area contributed by atoms with E-state index in [0.717, 1.165) is 11.8 Å². The summed E-state index contributed by atoms with van der Waals surface area (Å²) in [6.07, 6.45) is 2.34. The molecule has 0 aliphatic carbocycles. The highest BCUT2D eigenvalue weighted by Crippen LogP contribution is 1.99. The molecule has 1 aromatic heterocycles. The number of hydrogen-bond acceptors (Lipinski definition) is 4. The van der Waals surface area contributed by atoms with E-state index < -0.39 is 11.2 Å². The zero-order chi connectivity index (χ0) is 13.0. The lowest BCUT2D eigenvalue weighted by Gasteiger charge is -2.05. The molecule has 0 unspecified atom stereocenters. The third-order valence-electron chi connectivity index (χ3n) is 2.43. The number of nitrogens with one attached hydrogen (secondary N) is 1. The Hall–Kier alpha value is -2.63. The van der Waals surface area contributed by atoms with Crippen LogP contribution < -0.4 is 11.2 Å². The van der Waals surface area contributed by atoms with Gasteiger partial charge in [0.2, 0.25) is 0 Å². The monoisotopic (exact) mass is 245 g/mol. The van der Waals surface area contributed by atoms with Crippen LogP contribution in [0.3, 0.4) is 0 Å². The normalized spacial score (nSPS) is 10.9. The summed E-state index contributed by atoms with van der Waals surface area (Å²) < 4.78 is 1.34. The van der Waals surface area contributed by atoms with E-state index in [4.69, 9.17) is 5.21 Å². The van der Waals surface area contributed by atoms with Crippen molar-refractivity contribution in [1.82, 2.24) is 9.55 Å². The van der Waals surface area contributed by atoms with Crippen LogP contribution in [0.25, 0.3) is 0 Å². The topological polar surface area (TPSA) is 87.5 Å². The smallest absolute Gasteiger partial charge is 0.328 e. The van der Waals surface area contributed by atoms with Crippen molar-refractivity contribution < 1.29 is 5.21 Å². The molecular formula is C12H11N3O3. The van der Waals surface area contributed by atoms with Gasteiger partial charge in [-0.15, -0.1) is 0 Å². The first-order chi connectivity index (χ1) is 8.70. The fraction of sp³-hybridized carbons (Fsp3) is 0.0833. The van der Waals surface area contributed by atoms with Crippen molar-refractivity contribution in [3.05, 3.63) is 68.5 Å². The Labute approximate surface area is 102 Å². The molecule has 6 heteroatoms. The Balaban J connectivity index is 2.42. The minimum atomic E-state index is -0.581. The van der Waals surface area contributed by atoms with Gasteiger partial charge in [-0.1, -0.05) is 35.5 Å². The molecule has 0 atom stereocenters. The Morgan fingerprint density at radius 3 is 2.67 bits per heavy atom. The number of oxime groups is 1. The third-order valence-corrected chi connectivity index (χ3v) is 2.43. The Kier molecular flexibility index (Phi) is 3.38. The third kappa shape index (κ3) is 2.54. The maximum atomic E-state index is 11.6. The number of benzene rings is 1. The number of aromatic nitrogens is 2. The standard InChI is InChI=1S/C12H11N3O3/c16-11-10(6-13-18)8-15(12(17)14-11)7-9-4-2-1-3-5-9/h1-6,8,18H,7H2,(H,14,16,17). The van der Waals surface area contributed by atoms with E-state index in [-0.39, 0.29) is 5.56 Å². The van der Waals surface area contributed by atoms with Gasteiger partial charge in [-0.05, 0) is 5.56 Å². The zero-order valence-corrected chi connectivity index (χ0v) is 9.41. The van der Waals surface area contributed by atoms with Crippen LogP contribution in [0.4, 0.5) is 0 Å². The average molecular weight is 245 g/mol. The van der Waals surface area contributed by atoms with Gasteiger partial charge in [0.05, 0.1) is 18.3 Å². The lowest BCUT2D eigenvalue weighted by Crippen LogP contribution is -2.31. The second-order valence-electron chi connectivity index (χ2n) is 3.70. The van der Waals surface area contributed by atoms with Gasteiger partial charge in [-0.25, -0.2) is 4.79 Å². The Morgan fingerprint density at radius 2 is 2.00 bits per heavy atom. The first-order valence-corrected chi connectivity index (χ1v) is 5.26. The first-order valence-electron chi connectivity index (χ1n) is 5.26. The molecular weight excluding hydrogens is 234 g/mol. The molecule has 0 aliphatic rings. The van der Waals surface area contributed by atoms with Crippen LogP contribution >= 0.6 is 0 Å². The molecule has 0 fully saturated rings. The van der Waals surface area contributed by atoms with Gasteiger partial charge in [0, 0.05) is 6.20 Å². The molecule has 2 N–H and O–H groups in total. The van der Waals surface area contributed by atoms with E-state index in [1.165, 1.54) is 10.8 Å². The summed E-state index contributed by atoms with van der Waals surface area (Å²) >= 11 is 0.